The van der Waals surface area contributed by atoms with E-state index in [1.807, 2.05) is 0 Å². The Morgan fingerprint density at radius 1 is 1.21 bits per heavy atom. The molecule has 1 fully saturated rings. The Bertz CT molecular complexity index is 673. The summed E-state index contributed by atoms with van der Waals surface area (Å²) in [5.41, 5.74) is 0.582. The van der Waals surface area contributed by atoms with E-state index < -0.39 is 10.0 Å². The molecule has 134 valence electrons. The molecule has 2 atom stereocenters. The molecule has 0 spiro atoms. The van der Waals surface area contributed by atoms with Crippen molar-refractivity contribution in [3.8, 4) is 0 Å². The second kappa shape index (κ2) is 7.98. The van der Waals surface area contributed by atoms with Crippen molar-refractivity contribution < 1.29 is 13.2 Å². The molecule has 0 aromatic heterocycles. The Kier molecular flexibility index (Phi) is 6.23. The van der Waals surface area contributed by atoms with Gasteiger partial charge in [0.1, 0.15) is 0 Å². The van der Waals surface area contributed by atoms with Crippen molar-refractivity contribution in [2.75, 3.05) is 14.1 Å². The van der Waals surface area contributed by atoms with E-state index in [9.17, 15) is 13.2 Å². The zero-order valence-electron chi connectivity index (χ0n) is 14.6. The van der Waals surface area contributed by atoms with E-state index in [0.29, 0.717) is 11.5 Å². The van der Waals surface area contributed by atoms with E-state index in [1.54, 1.807) is 24.3 Å². The lowest BCUT2D eigenvalue weighted by Crippen LogP contribution is -2.45. The van der Waals surface area contributed by atoms with Gasteiger partial charge in [-0.25, -0.2) is 17.5 Å². The molecular formula is C17H27N3O3S. The number of hydrogen-bond acceptors (Lipinski definition) is 3. The summed E-state index contributed by atoms with van der Waals surface area (Å²) in [7, 11) is -0.536. The summed E-state index contributed by atoms with van der Waals surface area (Å²) in [4.78, 5) is 12.4. The third kappa shape index (κ3) is 4.48. The van der Waals surface area contributed by atoms with Crippen LogP contribution in [0.3, 0.4) is 0 Å². The van der Waals surface area contributed by atoms with Crippen LogP contribution in [0.15, 0.2) is 29.2 Å². The number of nitrogens with zero attached hydrogens (tertiary/aromatic N) is 1. The monoisotopic (exact) mass is 353 g/mol. The number of carbonyl (C=O) groups excluding carboxylic acids is 1. The molecule has 0 bridgehead atoms. The minimum absolute atomic E-state index is 0.177. The quantitative estimate of drug-likeness (QED) is 0.853. The molecule has 2 amide bonds. The van der Waals surface area contributed by atoms with E-state index in [-0.39, 0.29) is 23.5 Å². The molecule has 1 aliphatic carbocycles. The average molecular weight is 353 g/mol. The van der Waals surface area contributed by atoms with Gasteiger partial charge < -0.3 is 10.6 Å². The molecule has 1 aliphatic rings. The van der Waals surface area contributed by atoms with Crippen molar-refractivity contribution in [3.05, 3.63) is 29.8 Å². The van der Waals surface area contributed by atoms with E-state index >= 15 is 0 Å². The van der Waals surface area contributed by atoms with Gasteiger partial charge in [-0.3, -0.25) is 0 Å². The number of carbonyl (C=O) groups is 1. The molecule has 0 unspecified atom stereocenters. The van der Waals surface area contributed by atoms with E-state index in [1.165, 1.54) is 24.8 Å². The van der Waals surface area contributed by atoms with Crippen molar-refractivity contribution in [2.45, 2.75) is 50.1 Å². The van der Waals surface area contributed by atoms with E-state index in [4.69, 9.17) is 0 Å². The maximum absolute atomic E-state index is 12.4. The Balaban J connectivity index is 2.01. The van der Waals surface area contributed by atoms with Crippen molar-refractivity contribution in [3.63, 3.8) is 0 Å². The molecule has 1 aromatic rings. The van der Waals surface area contributed by atoms with Crippen LogP contribution in [0.4, 0.5) is 4.79 Å². The SMILES string of the molecule is C[C@@H]1CCCC[C@H]1NC(=O)NCc1ccccc1S(=O)(=O)N(C)C. The Labute approximate surface area is 144 Å². The molecule has 6 nitrogen and oxygen atoms in total. The Morgan fingerprint density at radius 2 is 1.88 bits per heavy atom. The maximum atomic E-state index is 12.4. The number of hydrogen-bond donors (Lipinski definition) is 2. The summed E-state index contributed by atoms with van der Waals surface area (Å²) in [6, 6.07) is 6.69. The Hall–Kier alpha value is -1.60. The lowest BCUT2D eigenvalue weighted by molar-refractivity contribution is 0.221. The molecule has 24 heavy (non-hydrogen) atoms. The third-order valence-electron chi connectivity index (χ3n) is 4.60. The van der Waals surface area contributed by atoms with Crippen LogP contribution in [-0.4, -0.2) is 38.9 Å². The third-order valence-corrected chi connectivity index (χ3v) is 6.51. The first kappa shape index (κ1) is 18.7. The van der Waals surface area contributed by atoms with Gasteiger partial charge in [0.25, 0.3) is 0 Å². The Morgan fingerprint density at radius 3 is 2.54 bits per heavy atom. The van der Waals surface area contributed by atoms with Gasteiger partial charge in [-0.1, -0.05) is 38.0 Å². The second-order valence-electron chi connectivity index (χ2n) is 6.59. The van der Waals surface area contributed by atoms with Crippen LogP contribution in [0.5, 0.6) is 0 Å². The average Bonchev–Trinajstić information content (AvgIpc) is 2.55. The minimum atomic E-state index is -3.53. The minimum Gasteiger partial charge on any atom is -0.335 e. The molecule has 0 saturated heterocycles. The molecule has 7 heteroatoms. The van der Waals surface area contributed by atoms with Crippen LogP contribution in [0.1, 0.15) is 38.2 Å². The van der Waals surface area contributed by atoms with Crippen molar-refractivity contribution >= 4 is 16.1 Å². The molecule has 0 heterocycles. The fraction of sp³-hybridized carbons (Fsp3) is 0.588. The highest BCUT2D eigenvalue weighted by Crippen LogP contribution is 2.23. The lowest BCUT2D eigenvalue weighted by atomic mass is 9.86. The molecular weight excluding hydrogens is 326 g/mol. The predicted octanol–water partition coefficient (Wildman–Crippen LogP) is 2.31. The van der Waals surface area contributed by atoms with Crippen molar-refractivity contribution in [1.29, 1.82) is 0 Å². The van der Waals surface area contributed by atoms with Gasteiger partial charge in [0.2, 0.25) is 10.0 Å². The van der Waals surface area contributed by atoms with Gasteiger partial charge in [-0.15, -0.1) is 0 Å². The van der Waals surface area contributed by atoms with Crippen LogP contribution in [0.25, 0.3) is 0 Å². The zero-order valence-corrected chi connectivity index (χ0v) is 15.4. The maximum Gasteiger partial charge on any atom is 0.315 e. The zero-order chi connectivity index (χ0) is 17.7. The summed E-state index contributed by atoms with van der Waals surface area (Å²) >= 11 is 0. The van der Waals surface area contributed by atoms with Gasteiger partial charge in [-0.05, 0) is 30.4 Å². The molecule has 0 radical (unpaired) electrons. The first-order valence-corrected chi connectivity index (χ1v) is 9.81. The summed E-state index contributed by atoms with van der Waals surface area (Å²) in [5, 5.41) is 5.80. The highest BCUT2D eigenvalue weighted by molar-refractivity contribution is 7.89. The largest absolute Gasteiger partial charge is 0.335 e. The van der Waals surface area contributed by atoms with Gasteiger partial charge in [0, 0.05) is 26.7 Å². The molecule has 1 aromatic carbocycles. The van der Waals surface area contributed by atoms with Crippen LogP contribution in [0.2, 0.25) is 0 Å². The number of nitrogens with one attached hydrogen (secondary N) is 2. The summed E-state index contributed by atoms with van der Waals surface area (Å²) in [6.07, 6.45) is 4.49. The second-order valence-corrected chi connectivity index (χ2v) is 8.71. The van der Waals surface area contributed by atoms with Crippen LogP contribution < -0.4 is 10.6 Å². The number of sulfonamides is 1. The first-order chi connectivity index (χ1) is 11.3. The summed E-state index contributed by atoms with van der Waals surface area (Å²) in [5.74, 6) is 0.478. The lowest BCUT2D eigenvalue weighted by Gasteiger charge is -2.29. The van der Waals surface area contributed by atoms with Gasteiger partial charge in [-0.2, -0.15) is 0 Å². The molecule has 1 saturated carbocycles. The van der Waals surface area contributed by atoms with Crippen LogP contribution in [0, 0.1) is 5.92 Å². The van der Waals surface area contributed by atoms with Crippen molar-refractivity contribution in [2.24, 2.45) is 5.92 Å². The van der Waals surface area contributed by atoms with E-state index in [0.717, 1.165) is 19.3 Å². The molecule has 2 N–H and O–H groups in total. The predicted molar refractivity (Wildman–Crippen MR) is 94.1 cm³/mol. The summed E-state index contributed by atoms with van der Waals surface area (Å²) in [6.45, 7) is 2.33. The first-order valence-electron chi connectivity index (χ1n) is 8.37. The standard InChI is InChI=1S/C17H27N3O3S/c1-13-8-4-6-10-15(13)19-17(21)18-12-14-9-5-7-11-16(14)24(22,23)20(2)3/h5,7,9,11,13,15H,4,6,8,10,12H2,1-3H3,(H2,18,19,21)/t13-,15-/m1/s1. The van der Waals surface area contributed by atoms with Gasteiger partial charge in [0.05, 0.1) is 4.90 Å². The number of amides is 2. The fourth-order valence-electron chi connectivity index (χ4n) is 3.02. The topological polar surface area (TPSA) is 78.5 Å². The van der Waals surface area contributed by atoms with Crippen LogP contribution in [-0.2, 0) is 16.6 Å². The van der Waals surface area contributed by atoms with Crippen LogP contribution >= 0.6 is 0 Å². The number of urea groups is 1. The molecule has 0 aliphatic heterocycles. The fourth-order valence-corrected chi connectivity index (χ4v) is 4.14. The number of benzene rings is 1. The smallest absolute Gasteiger partial charge is 0.315 e. The van der Waals surface area contributed by atoms with E-state index in [2.05, 4.69) is 17.6 Å². The molecule has 2 rings (SSSR count). The highest BCUT2D eigenvalue weighted by atomic mass is 32.2. The normalized spacial score (nSPS) is 21.5. The highest BCUT2D eigenvalue weighted by Gasteiger charge is 2.23. The van der Waals surface area contributed by atoms with Gasteiger partial charge in [0.15, 0.2) is 0 Å². The van der Waals surface area contributed by atoms with Crippen molar-refractivity contribution in [1.82, 2.24) is 14.9 Å². The summed E-state index contributed by atoms with van der Waals surface area (Å²) < 4.78 is 25.9. The van der Waals surface area contributed by atoms with Gasteiger partial charge >= 0.3 is 6.03 Å². The number of rotatable bonds is 5.